The zero-order valence-electron chi connectivity index (χ0n) is 12.0. The number of carbonyl (C=O) groups is 1. The molecule has 0 fully saturated rings. The molecule has 0 aliphatic rings. The molecule has 3 N–H and O–H groups in total. The minimum Gasteiger partial charge on any atom is -0.348 e. The topological polar surface area (TPSA) is 55.1 Å². The molecule has 0 bridgehead atoms. The summed E-state index contributed by atoms with van der Waals surface area (Å²) in [5.74, 6) is -1.69. The van der Waals surface area contributed by atoms with Crippen molar-refractivity contribution < 1.29 is 13.6 Å². The summed E-state index contributed by atoms with van der Waals surface area (Å²) < 4.78 is 26.4. The molecule has 0 aliphatic heterocycles. The number of hydrogen-bond donors (Lipinski definition) is 2. The maximum absolute atomic E-state index is 13.6. The molecule has 0 radical (unpaired) electrons. The smallest absolute Gasteiger partial charge is 0.237 e. The van der Waals surface area contributed by atoms with Crippen molar-refractivity contribution in [2.24, 2.45) is 11.1 Å². The predicted octanol–water partition coefficient (Wildman–Crippen LogP) is 2.94. The molecule has 1 amide bonds. The molecule has 0 spiro atoms. The Morgan fingerprint density at radius 3 is 2.30 bits per heavy atom. The Balaban J connectivity index is 0.00000361. The number of rotatable bonds is 3. The van der Waals surface area contributed by atoms with Crippen LogP contribution < -0.4 is 11.1 Å². The van der Waals surface area contributed by atoms with Crippen molar-refractivity contribution >= 4 is 18.3 Å². The van der Waals surface area contributed by atoms with E-state index in [0.29, 0.717) is 0 Å². The molecule has 2 atom stereocenters. The van der Waals surface area contributed by atoms with Gasteiger partial charge < -0.3 is 11.1 Å². The van der Waals surface area contributed by atoms with Crippen molar-refractivity contribution in [1.82, 2.24) is 5.32 Å². The third-order valence-electron chi connectivity index (χ3n) is 3.00. The first kappa shape index (κ1) is 18.8. The van der Waals surface area contributed by atoms with E-state index in [0.717, 1.165) is 12.1 Å². The Kier molecular flexibility index (Phi) is 6.58. The van der Waals surface area contributed by atoms with Gasteiger partial charge in [-0.25, -0.2) is 8.78 Å². The van der Waals surface area contributed by atoms with E-state index in [1.165, 1.54) is 6.07 Å². The van der Waals surface area contributed by atoms with Crippen molar-refractivity contribution in [3.8, 4) is 0 Å². The minimum absolute atomic E-state index is 0. The summed E-state index contributed by atoms with van der Waals surface area (Å²) in [6, 6.07) is 2.00. The third kappa shape index (κ3) is 4.72. The van der Waals surface area contributed by atoms with Crippen LogP contribution in [-0.4, -0.2) is 11.9 Å². The number of carbonyl (C=O) groups excluding carboxylic acids is 1. The molecular weight excluding hydrogens is 286 g/mol. The van der Waals surface area contributed by atoms with Crippen molar-refractivity contribution in [2.75, 3.05) is 0 Å². The first-order valence-electron chi connectivity index (χ1n) is 6.14. The normalized spacial score (nSPS) is 14.2. The molecule has 0 saturated carbocycles. The van der Waals surface area contributed by atoms with Crippen molar-refractivity contribution in [3.63, 3.8) is 0 Å². The fourth-order valence-corrected chi connectivity index (χ4v) is 1.63. The number of nitrogens with one attached hydrogen (secondary N) is 1. The average molecular weight is 307 g/mol. The van der Waals surface area contributed by atoms with Gasteiger partial charge in [0.25, 0.3) is 0 Å². The molecule has 6 heteroatoms. The van der Waals surface area contributed by atoms with E-state index >= 15 is 0 Å². The molecule has 1 rings (SSSR count). The van der Waals surface area contributed by atoms with Gasteiger partial charge in [-0.2, -0.15) is 0 Å². The summed E-state index contributed by atoms with van der Waals surface area (Å²) in [4.78, 5) is 11.9. The van der Waals surface area contributed by atoms with Crippen molar-refractivity contribution in [3.05, 3.63) is 35.4 Å². The number of benzene rings is 1. The van der Waals surface area contributed by atoms with Gasteiger partial charge in [0.05, 0.1) is 12.1 Å². The lowest BCUT2D eigenvalue weighted by Crippen LogP contribution is -2.49. The lowest BCUT2D eigenvalue weighted by molar-refractivity contribution is -0.125. The van der Waals surface area contributed by atoms with E-state index in [1.54, 1.807) is 6.92 Å². The van der Waals surface area contributed by atoms with Crippen LogP contribution in [0.15, 0.2) is 18.2 Å². The zero-order chi connectivity index (χ0) is 14.8. The van der Waals surface area contributed by atoms with Gasteiger partial charge in [-0.3, -0.25) is 4.79 Å². The first-order chi connectivity index (χ1) is 8.62. The second-order valence-corrected chi connectivity index (χ2v) is 5.74. The Morgan fingerprint density at radius 2 is 1.85 bits per heavy atom. The average Bonchev–Trinajstić information content (AvgIpc) is 2.26. The molecule has 1 aromatic rings. The molecule has 1 aromatic carbocycles. The molecule has 1 unspecified atom stereocenters. The first-order valence-corrected chi connectivity index (χ1v) is 6.14. The van der Waals surface area contributed by atoms with Crippen LogP contribution in [0.5, 0.6) is 0 Å². The third-order valence-corrected chi connectivity index (χ3v) is 3.00. The van der Waals surface area contributed by atoms with Crippen LogP contribution in [0.2, 0.25) is 0 Å². The Bertz CT molecular complexity index is 475. The maximum Gasteiger partial charge on any atom is 0.237 e. The number of amides is 1. The molecular formula is C14H21ClF2N2O. The maximum atomic E-state index is 13.6. The molecule has 0 heterocycles. The van der Waals surface area contributed by atoms with Gasteiger partial charge in [-0.1, -0.05) is 26.8 Å². The second kappa shape index (κ2) is 6.99. The SMILES string of the molecule is CC(NC(=O)[C@@H](N)C(C)(C)C)c1ccc(F)cc1F.Cl. The van der Waals surface area contributed by atoms with E-state index in [9.17, 15) is 13.6 Å². The van der Waals surface area contributed by atoms with Crippen molar-refractivity contribution in [1.29, 1.82) is 0 Å². The standard InChI is InChI=1S/C14H20F2N2O.ClH/c1-8(10-6-5-9(15)7-11(10)16)18-13(19)12(17)14(2,3)4;/h5-8,12H,17H2,1-4H3,(H,18,19);1H/t8?,12-;/m1./s1. The van der Waals surface area contributed by atoms with Gasteiger partial charge in [0, 0.05) is 11.6 Å². The highest BCUT2D eigenvalue weighted by Crippen LogP contribution is 2.20. The van der Waals surface area contributed by atoms with Crippen LogP contribution in [0.3, 0.4) is 0 Å². The molecule has 3 nitrogen and oxygen atoms in total. The van der Waals surface area contributed by atoms with E-state index in [4.69, 9.17) is 5.73 Å². The van der Waals surface area contributed by atoms with Crippen LogP contribution in [0.4, 0.5) is 8.78 Å². The lowest BCUT2D eigenvalue weighted by atomic mass is 9.86. The van der Waals surface area contributed by atoms with Crippen LogP contribution >= 0.6 is 12.4 Å². The zero-order valence-corrected chi connectivity index (χ0v) is 12.9. The summed E-state index contributed by atoms with van der Waals surface area (Å²) in [6.07, 6.45) is 0. The number of nitrogens with two attached hydrogens (primary N) is 1. The molecule has 114 valence electrons. The quantitative estimate of drug-likeness (QED) is 0.902. The van der Waals surface area contributed by atoms with E-state index < -0.39 is 23.7 Å². The molecule has 20 heavy (non-hydrogen) atoms. The predicted molar refractivity (Wildman–Crippen MR) is 77.6 cm³/mol. The summed E-state index contributed by atoms with van der Waals surface area (Å²) in [6.45, 7) is 7.17. The highest BCUT2D eigenvalue weighted by atomic mass is 35.5. The van der Waals surface area contributed by atoms with Gasteiger partial charge in [0.1, 0.15) is 11.6 Å². The lowest BCUT2D eigenvalue weighted by Gasteiger charge is -2.27. The van der Waals surface area contributed by atoms with Gasteiger partial charge in [0.2, 0.25) is 5.91 Å². The van der Waals surface area contributed by atoms with Gasteiger partial charge in [0.15, 0.2) is 0 Å². The van der Waals surface area contributed by atoms with Crippen LogP contribution in [0.25, 0.3) is 0 Å². The molecule has 0 aromatic heterocycles. The monoisotopic (exact) mass is 306 g/mol. The summed E-state index contributed by atoms with van der Waals surface area (Å²) >= 11 is 0. The fraction of sp³-hybridized carbons (Fsp3) is 0.500. The fourth-order valence-electron chi connectivity index (χ4n) is 1.63. The Labute approximate surface area is 124 Å². The Hall–Kier alpha value is -1.20. The van der Waals surface area contributed by atoms with E-state index in [1.807, 2.05) is 20.8 Å². The minimum atomic E-state index is -0.696. The largest absolute Gasteiger partial charge is 0.348 e. The number of hydrogen-bond acceptors (Lipinski definition) is 2. The molecule has 0 saturated heterocycles. The summed E-state index contributed by atoms with van der Waals surface area (Å²) in [5.41, 5.74) is 5.67. The van der Waals surface area contributed by atoms with E-state index in [-0.39, 0.29) is 29.3 Å². The van der Waals surface area contributed by atoms with Crippen molar-refractivity contribution in [2.45, 2.75) is 39.8 Å². The second-order valence-electron chi connectivity index (χ2n) is 5.74. The highest BCUT2D eigenvalue weighted by Gasteiger charge is 2.28. The van der Waals surface area contributed by atoms with Gasteiger partial charge in [-0.05, 0) is 18.4 Å². The highest BCUT2D eigenvalue weighted by molar-refractivity contribution is 5.85. The van der Waals surface area contributed by atoms with Crippen LogP contribution in [-0.2, 0) is 4.79 Å². The van der Waals surface area contributed by atoms with Crippen LogP contribution in [0.1, 0.15) is 39.3 Å². The van der Waals surface area contributed by atoms with Gasteiger partial charge >= 0.3 is 0 Å². The summed E-state index contributed by atoms with van der Waals surface area (Å²) in [7, 11) is 0. The van der Waals surface area contributed by atoms with Crippen LogP contribution in [0, 0.1) is 17.0 Å². The van der Waals surface area contributed by atoms with E-state index in [2.05, 4.69) is 5.32 Å². The number of halogens is 3. The Morgan fingerprint density at radius 1 is 1.30 bits per heavy atom. The molecule has 0 aliphatic carbocycles. The summed E-state index contributed by atoms with van der Waals surface area (Å²) in [5, 5.41) is 2.64. The van der Waals surface area contributed by atoms with Gasteiger partial charge in [-0.15, -0.1) is 12.4 Å².